The molecule has 1 aromatic rings. The van der Waals surface area contributed by atoms with Crippen molar-refractivity contribution in [1.29, 1.82) is 0 Å². The van der Waals surface area contributed by atoms with Crippen LogP contribution in [-0.4, -0.2) is 5.11 Å². The lowest BCUT2D eigenvalue weighted by Crippen LogP contribution is -1.79. The van der Waals surface area contributed by atoms with Gasteiger partial charge in [0, 0.05) is 12.1 Å². The van der Waals surface area contributed by atoms with E-state index in [0.717, 1.165) is 6.42 Å². The zero-order chi connectivity index (χ0) is 7.40. The van der Waals surface area contributed by atoms with Crippen LogP contribution in [0.3, 0.4) is 0 Å². The van der Waals surface area contributed by atoms with Crippen molar-refractivity contribution in [3.8, 4) is 5.75 Å². The van der Waals surface area contributed by atoms with Crippen molar-refractivity contribution in [2.24, 2.45) is 0 Å². The van der Waals surface area contributed by atoms with Crippen molar-refractivity contribution in [3.05, 3.63) is 29.8 Å². The summed E-state index contributed by atoms with van der Waals surface area (Å²) < 4.78 is 0. The second-order valence-corrected chi connectivity index (χ2v) is 2.45. The summed E-state index contributed by atoms with van der Waals surface area (Å²) in [6.07, 6.45) is 2.30. The molecule has 1 heteroatoms. The molecule has 0 atom stereocenters. The van der Waals surface area contributed by atoms with E-state index in [0.29, 0.717) is 5.75 Å². The van der Waals surface area contributed by atoms with E-state index in [1.165, 1.54) is 12.0 Å². The normalized spacial score (nSPS) is 9.70. The van der Waals surface area contributed by atoms with E-state index >= 15 is 0 Å². The molecule has 1 rings (SSSR count). The lowest BCUT2D eigenvalue weighted by atomic mass is 10.1. The third-order valence-corrected chi connectivity index (χ3v) is 1.49. The number of benzene rings is 1. The number of hydrogen-bond donors (Lipinski definition) is 0. The number of aryl methyl sites for hydroxylation is 1. The van der Waals surface area contributed by atoms with Gasteiger partial charge in [0.15, 0.2) is 0 Å². The molecule has 1 nitrogen and oxygen atoms in total. The highest BCUT2D eigenvalue weighted by Crippen LogP contribution is 2.10. The predicted molar refractivity (Wildman–Crippen MR) is 43.5 cm³/mol. The Morgan fingerprint density at radius 2 is 1.80 bits per heavy atom. The van der Waals surface area contributed by atoms with Gasteiger partial charge in [0.1, 0.15) is 0 Å². The summed E-state index contributed by atoms with van der Waals surface area (Å²) in [6, 6.07) is 7.72. The zero-order valence-corrected chi connectivity index (χ0v) is 6.22. The minimum atomic E-state index is 0.597. The lowest BCUT2D eigenvalue weighted by Gasteiger charge is -1.94. The molecule has 10 heavy (non-hydrogen) atoms. The van der Waals surface area contributed by atoms with Crippen molar-refractivity contribution in [2.45, 2.75) is 19.8 Å². The van der Waals surface area contributed by atoms with Gasteiger partial charge in [-0.05, 0) is 24.1 Å². The maximum atomic E-state index is 7.22. The van der Waals surface area contributed by atoms with Gasteiger partial charge in [0.05, 0.1) is 0 Å². The maximum absolute atomic E-state index is 7.22. The molecule has 0 fully saturated rings. The molecule has 0 spiro atoms. The monoisotopic (exact) mass is 137 g/mol. The Labute approximate surface area is 61.3 Å². The summed E-state index contributed by atoms with van der Waals surface area (Å²) in [7, 11) is 0. The summed E-state index contributed by atoms with van der Waals surface area (Å²) in [5.41, 5.74) is 1.33. The van der Waals surface area contributed by atoms with Crippen LogP contribution < -0.4 is 0 Å². The van der Waals surface area contributed by atoms with E-state index in [4.69, 9.17) is 5.11 Å². The highest BCUT2D eigenvalue weighted by molar-refractivity contribution is 5.25. The Morgan fingerprint density at radius 1 is 1.20 bits per heavy atom. The van der Waals surface area contributed by atoms with E-state index < -0.39 is 0 Å². The molecule has 0 amide bonds. The van der Waals surface area contributed by atoms with Crippen LogP contribution in [0.1, 0.15) is 18.9 Å². The van der Waals surface area contributed by atoms with Crippen molar-refractivity contribution in [3.63, 3.8) is 0 Å². The first kappa shape index (κ1) is 7.13. The fraction of sp³-hybridized carbons (Fsp3) is 0.333. The highest BCUT2D eigenvalue weighted by atomic mass is 16.3. The van der Waals surface area contributed by atoms with Gasteiger partial charge in [-0.15, -0.1) is 0 Å². The Hall–Kier alpha value is -0.980. The fourth-order valence-electron chi connectivity index (χ4n) is 0.960. The maximum Gasteiger partial charge on any atom is 0.253 e. The minimum absolute atomic E-state index is 0.597. The number of rotatable bonds is 2. The summed E-state index contributed by atoms with van der Waals surface area (Å²) in [5.74, 6) is 0.597. The molecular formula is C9H13O+. The second kappa shape index (κ2) is 3.25. The van der Waals surface area contributed by atoms with Gasteiger partial charge >= 0.3 is 0 Å². The zero-order valence-electron chi connectivity index (χ0n) is 6.22. The first-order chi connectivity index (χ1) is 4.83. The highest BCUT2D eigenvalue weighted by Gasteiger charge is 1.92. The van der Waals surface area contributed by atoms with Crippen molar-refractivity contribution >= 4 is 0 Å². The second-order valence-electron chi connectivity index (χ2n) is 2.45. The van der Waals surface area contributed by atoms with Crippen LogP contribution in [0.25, 0.3) is 0 Å². The van der Waals surface area contributed by atoms with Crippen molar-refractivity contribution in [2.75, 3.05) is 0 Å². The van der Waals surface area contributed by atoms with Crippen LogP contribution in [0.15, 0.2) is 24.3 Å². The van der Waals surface area contributed by atoms with Gasteiger partial charge in [0.2, 0.25) is 0 Å². The topological polar surface area (TPSA) is 22.9 Å². The largest absolute Gasteiger partial charge is 0.593 e. The predicted octanol–water partition coefficient (Wildman–Crippen LogP) is 2.08. The van der Waals surface area contributed by atoms with Gasteiger partial charge < -0.3 is 5.11 Å². The van der Waals surface area contributed by atoms with Crippen LogP contribution >= 0.6 is 0 Å². The summed E-state index contributed by atoms with van der Waals surface area (Å²) >= 11 is 0. The van der Waals surface area contributed by atoms with E-state index in [9.17, 15) is 0 Å². The van der Waals surface area contributed by atoms with Crippen molar-refractivity contribution < 1.29 is 5.11 Å². The van der Waals surface area contributed by atoms with Gasteiger partial charge in [-0.3, -0.25) is 0 Å². The molecule has 2 N–H and O–H groups in total. The molecule has 0 unspecified atom stereocenters. The first-order valence-corrected chi connectivity index (χ1v) is 3.63. The minimum Gasteiger partial charge on any atom is -0.593 e. The summed E-state index contributed by atoms with van der Waals surface area (Å²) in [6.45, 7) is 2.16. The molecule has 0 saturated carbocycles. The van der Waals surface area contributed by atoms with E-state index in [2.05, 4.69) is 6.92 Å². The molecule has 0 saturated heterocycles. The fourth-order valence-corrected chi connectivity index (χ4v) is 0.960. The number of hydrogen-bond acceptors (Lipinski definition) is 0. The average Bonchev–Trinajstić information content (AvgIpc) is 1.95. The quantitative estimate of drug-likeness (QED) is 0.557. The molecule has 0 aliphatic carbocycles. The molecule has 0 aliphatic heterocycles. The Morgan fingerprint density at radius 3 is 2.30 bits per heavy atom. The van der Waals surface area contributed by atoms with E-state index in [1.807, 2.05) is 24.3 Å². The average molecular weight is 137 g/mol. The van der Waals surface area contributed by atoms with Crippen LogP contribution in [0.4, 0.5) is 0 Å². The van der Waals surface area contributed by atoms with E-state index in [1.54, 1.807) is 0 Å². The molecule has 1 aromatic carbocycles. The molecular weight excluding hydrogens is 124 g/mol. The van der Waals surface area contributed by atoms with Crippen LogP contribution in [-0.2, 0) is 6.42 Å². The molecule has 54 valence electrons. The van der Waals surface area contributed by atoms with Crippen molar-refractivity contribution in [1.82, 2.24) is 0 Å². The molecule has 0 bridgehead atoms. The summed E-state index contributed by atoms with van der Waals surface area (Å²) in [4.78, 5) is 0. The van der Waals surface area contributed by atoms with Gasteiger partial charge in [-0.2, -0.15) is 0 Å². The van der Waals surface area contributed by atoms with Crippen LogP contribution in [0.5, 0.6) is 5.75 Å². The third kappa shape index (κ3) is 1.76. The Kier molecular flexibility index (Phi) is 2.32. The molecule has 0 heterocycles. The summed E-state index contributed by atoms with van der Waals surface area (Å²) in [5, 5.41) is 7.22. The van der Waals surface area contributed by atoms with E-state index in [-0.39, 0.29) is 0 Å². The molecule has 0 aromatic heterocycles. The SMILES string of the molecule is CCCc1ccc([OH2+])cc1. The standard InChI is InChI=1S/C9H12O/c1-2-3-8-4-6-9(10)7-5-8/h4-7,10H,2-3H2,1H3/p+1. The Bertz CT molecular complexity index is 188. The molecule has 0 aliphatic rings. The van der Waals surface area contributed by atoms with Gasteiger partial charge in [-0.1, -0.05) is 13.3 Å². The Balaban J connectivity index is 2.69. The first-order valence-electron chi connectivity index (χ1n) is 3.63. The smallest absolute Gasteiger partial charge is 0.253 e. The van der Waals surface area contributed by atoms with Crippen LogP contribution in [0, 0.1) is 0 Å². The molecule has 0 radical (unpaired) electrons. The van der Waals surface area contributed by atoms with Gasteiger partial charge in [-0.25, -0.2) is 0 Å². The van der Waals surface area contributed by atoms with Crippen LogP contribution in [0.2, 0.25) is 0 Å². The lowest BCUT2D eigenvalue weighted by molar-refractivity contribution is 0.475. The third-order valence-electron chi connectivity index (χ3n) is 1.49. The van der Waals surface area contributed by atoms with Gasteiger partial charge in [0.25, 0.3) is 5.75 Å².